The molecular formula is C21H19N3O6S. The molecule has 2 N–H and O–H groups in total. The van der Waals surface area contributed by atoms with Crippen LogP contribution in [0.25, 0.3) is 6.08 Å². The van der Waals surface area contributed by atoms with Crippen molar-refractivity contribution in [1.82, 2.24) is 0 Å². The molecule has 31 heavy (non-hydrogen) atoms. The Morgan fingerprint density at radius 2 is 1.68 bits per heavy atom. The van der Waals surface area contributed by atoms with Crippen LogP contribution < -0.4 is 9.91 Å². The lowest BCUT2D eigenvalue weighted by atomic mass is 10.1. The van der Waals surface area contributed by atoms with Crippen LogP contribution in [0.1, 0.15) is 5.56 Å². The summed E-state index contributed by atoms with van der Waals surface area (Å²) in [5, 5.41) is 14.1. The first-order valence-corrected chi connectivity index (χ1v) is 10.4. The highest BCUT2D eigenvalue weighted by atomic mass is 32.2. The maximum atomic E-state index is 12.7. The Morgan fingerprint density at radius 1 is 1.06 bits per heavy atom. The summed E-state index contributed by atoms with van der Waals surface area (Å²) in [5.74, 6) is -2.05. The quantitative estimate of drug-likeness (QED) is 0.520. The van der Waals surface area contributed by atoms with Crippen LogP contribution in [-0.4, -0.2) is 49.8 Å². The molecule has 0 unspecified atom stereocenters. The van der Waals surface area contributed by atoms with Crippen LogP contribution in [0.15, 0.2) is 76.3 Å². The number of carbonyl (C=O) groups excluding carboxylic acids is 1. The molecule has 0 atom stereocenters. The Morgan fingerprint density at radius 3 is 2.19 bits per heavy atom. The van der Waals surface area contributed by atoms with Crippen LogP contribution >= 0.6 is 0 Å². The normalized spacial score (nSPS) is 15.6. The second-order valence-corrected chi connectivity index (χ2v) is 8.19. The van der Waals surface area contributed by atoms with Gasteiger partial charge in [-0.05, 0) is 48.0 Å². The summed E-state index contributed by atoms with van der Waals surface area (Å²) in [7, 11) is -0.541. The van der Waals surface area contributed by atoms with Crippen LogP contribution in [0.2, 0.25) is 0 Å². The van der Waals surface area contributed by atoms with Gasteiger partial charge in [-0.15, -0.1) is 0 Å². The van der Waals surface area contributed by atoms with E-state index in [1.54, 1.807) is 12.2 Å². The Kier molecular flexibility index (Phi) is 6.04. The number of anilines is 2. The fourth-order valence-corrected chi connectivity index (χ4v) is 3.28. The van der Waals surface area contributed by atoms with Gasteiger partial charge in [-0.3, -0.25) is 9.35 Å². The van der Waals surface area contributed by atoms with Gasteiger partial charge < -0.3 is 10.0 Å². The lowest BCUT2D eigenvalue weighted by Gasteiger charge is -2.11. The number of hydrazone groups is 1. The number of hydrogen-bond acceptors (Lipinski definition) is 6. The molecule has 0 fully saturated rings. The first-order chi connectivity index (χ1) is 14.6. The number of allylic oxidation sites excluding steroid dienone is 2. The highest BCUT2D eigenvalue weighted by Crippen LogP contribution is 2.25. The van der Waals surface area contributed by atoms with E-state index in [9.17, 15) is 23.1 Å². The largest absolute Gasteiger partial charge is 0.476 e. The van der Waals surface area contributed by atoms with Crippen LogP contribution in [0.5, 0.6) is 0 Å². The van der Waals surface area contributed by atoms with Crippen molar-refractivity contribution in [1.29, 1.82) is 0 Å². The fourth-order valence-electron chi connectivity index (χ4n) is 2.80. The van der Waals surface area contributed by atoms with Crippen molar-refractivity contribution in [2.75, 3.05) is 24.0 Å². The molecule has 0 spiro atoms. The van der Waals surface area contributed by atoms with Crippen LogP contribution in [0.3, 0.4) is 0 Å². The minimum atomic E-state index is -4.39. The summed E-state index contributed by atoms with van der Waals surface area (Å²) >= 11 is 0. The number of nitrogens with zero attached hydrogens (tertiary/aromatic N) is 3. The van der Waals surface area contributed by atoms with Crippen molar-refractivity contribution in [3.05, 3.63) is 71.8 Å². The second kappa shape index (κ2) is 8.54. The topological polar surface area (TPSA) is 128 Å². The molecule has 0 saturated carbocycles. The summed E-state index contributed by atoms with van der Waals surface area (Å²) in [5.41, 5.74) is 1.49. The first kappa shape index (κ1) is 21.9. The van der Waals surface area contributed by atoms with E-state index < -0.39 is 27.7 Å². The number of hydrogen-bond donors (Lipinski definition) is 2. The Labute approximate surface area is 179 Å². The minimum absolute atomic E-state index is 0.118. The molecule has 1 amide bonds. The molecule has 3 rings (SSSR count). The Hall–Kier alpha value is -3.76. The van der Waals surface area contributed by atoms with Gasteiger partial charge in [-0.2, -0.15) is 18.5 Å². The van der Waals surface area contributed by atoms with Gasteiger partial charge in [0.05, 0.1) is 16.2 Å². The minimum Gasteiger partial charge on any atom is -0.476 e. The molecule has 160 valence electrons. The predicted molar refractivity (Wildman–Crippen MR) is 117 cm³/mol. The van der Waals surface area contributed by atoms with Gasteiger partial charge in [0.25, 0.3) is 16.0 Å². The van der Waals surface area contributed by atoms with E-state index >= 15 is 0 Å². The predicted octanol–water partition coefficient (Wildman–Crippen LogP) is 2.43. The van der Waals surface area contributed by atoms with Gasteiger partial charge in [0, 0.05) is 19.8 Å². The number of rotatable bonds is 6. The van der Waals surface area contributed by atoms with Gasteiger partial charge in [-0.25, -0.2) is 4.79 Å². The van der Waals surface area contributed by atoms with Gasteiger partial charge in [0.15, 0.2) is 5.71 Å². The smallest absolute Gasteiger partial charge is 0.357 e. The molecular weight excluding hydrogens is 422 g/mol. The van der Waals surface area contributed by atoms with E-state index in [0.29, 0.717) is 0 Å². The SMILES string of the molecule is CN(C)c1ccc(/C=C/C=C2\C(=O)N(c3ccc(S(=O)(=O)O)cc3)N=C2C(=O)O)cc1. The van der Waals surface area contributed by atoms with Crippen molar-refractivity contribution in [3.63, 3.8) is 0 Å². The zero-order valence-electron chi connectivity index (χ0n) is 16.6. The van der Waals surface area contributed by atoms with E-state index in [1.807, 2.05) is 43.3 Å². The molecule has 9 nitrogen and oxygen atoms in total. The molecule has 2 aromatic carbocycles. The summed E-state index contributed by atoms with van der Waals surface area (Å²) in [6.45, 7) is 0. The standard InChI is InChI=1S/C21H19N3O6S/c1-23(2)15-8-6-14(7-9-15)4-3-5-18-19(21(26)27)22-24(20(18)25)16-10-12-17(13-11-16)31(28,29)30/h3-13H,1-2H3,(H,26,27)(H,28,29,30)/b4-3+,18-5-. The number of aliphatic carboxylic acids is 1. The van der Waals surface area contributed by atoms with E-state index in [1.165, 1.54) is 18.2 Å². The summed E-state index contributed by atoms with van der Waals surface area (Å²) in [6.07, 6.45) is 4.64. The molecule has 10 heteroatoms. The molecule has 0 saturated heterocycles. The summed E-state index contributed by atoms with van der Waals surface area (Å²) < 4.78 is 31.4. The maximum Gasteiger partial charge on any atom is 0.357 e. The molecule has 1 aliphatic heterocycles. The lowest BCUT2D eigenvalue weighted by Crippen LogP contribution is -2.22. The number of carboxylic acids is 1. The van der Waals surface area contributed by atoms with E-state index in [4.69, 9.17) is 4.55 Å². The highest BCUT2D eigenvalue weighted by Gasteiger charge is 2.34. The molecule has 1 heterocycles. The third-order valence-corrected chi connectivity index (χ3v) is 5.29. The van der Waals surface area contributed by atoms with Crippen molar-refractivity contribution >= 4 is 45.2 Å². The fraction of sp³-hybridized carbons (Fsp3) is 0.0952. The van der Waals surface area contributed by atoms with Gasteiger partial charge >= 0.3 is 5.97 Å². The van der Waals surface area contributed by atoms with Crippen molar-refractivity contribution in [2.24, 2.45) is 5.10 Å². The van der Waals surface area contributed by atoms with Gasteiger partial charge in [-0.1, -0.05) is 24.3 Å². The molecule has 0 aliphatic carbocycles. The molecule has 0 radical (unpaired) electrons. The average Bonchev–Trinajstić information content (AvgIpc) is 3.04. The van der Waals surface area contributed by atoms with Crippen LogP contribution in [0, 0.1) is 0 Å². The molecule has 2 aromatic rings. The molecule has 0 aromatic heterocycles. The number of benzene rings is 2. The number of carbonyl (C=O) groups is 2. The number of amides is 1. The Bertz CT molecular complexity index is 1210. The monoisotopic (exact) mass is 441 g/mol. The van der Waals surface area contributed by atoms with Crippen molar-refractivity contribution < 1.29 is 27.7 Å². The van der Waals surface area contributed by atoms with Crippen LogP contribution in [-0.2, 0) is 19.7 Å². The third-order valence-electron chi connectivity index (χ3n) is 4.42. The zero-order valence-corrected chi connectivity index (χ0v) is 17.4. The maximum absolute atomic E-state index is 12.7. The third kappa shape index (κ3) is 4.87. The van der Waals surface area contributed by atoms with E-state index in [-0.39, 0.29) is 16.2 Å². The molecule has 0 bridgehead atoms. The van der Waals surface area contributed by atoms with E-state index in [2.05, 4.69) is 5.10 Å². The lowest BCUT2D eigenvalue weighted by molar-refractivity contribution is -0.129. The number of carboxylic acid groups (broad SMARTS) is 1. The van der Waals surface area contributed by atoms with Crippen molar-refractivity contribution in [2.45, 2.75) is 4.90 Å². The second-order valence-electron chi connectivity index (χ2n) is 6.77. The first-order valence-electron chi connectivity index (χ1n) is 8.98. The highest BCUT2D eigenvalue weighted by molar-refractivity contribution is 7.85. The van der Waals surface area contributed by atoms with Crippen molar-refractivity contribution in [3.8, 4) is 0 Å². The van der Waals surface area contributed by atoms with Crippen LogP contribution in [0.4, 0.5) is 11.4 Å². The van der Waals surface area contributed by atoms with Gasteiger partial charge in [0.2, 0.25) is 0 Å². The summed E-state index contributed by atoms with van der Waals surface area (Å²) in [6, 6.07) is 12.3. The average molecular weight is 441 g/mol. The zero-order chi connectivity index (χ0) is 22.8. The Balaban J connectivity index is 1.86. The summed E-state index contributed by atoms with van der Waals surface area (Å²) in [4.78, 5) is 25.9. The van der Waals surface area contributed by atoms with E-state index in [0.717, 1.165) is 28.4 Å². The molecule has 1 aliphatic rings. The van der Waals surface area contributed by atoms with Gasteiger partial charge in [0.1, 0.15) is 0 Å².